The van der Waals surface area contributed by atoms with Crippen LogP contribution in [0.25, 0.3) is 6.08 Å². The van der Waals surface area contributed by atoms with E-state index in [1.54, 1.807) is 45.2 Å². The van der Waals surface area contributed by atoms with Gasteiger partial charge in [0, 0.05) is 0 Å². The van der Waals surface area contributed by atoms with Crippen LogP contribution in [0.15, 0.2) is 23.1 Å². The van der Waals surface area contributed by atoms with Crippen LogP contribution in [0.5, 0.6) is 11.5 Å². The molecule has 1 aliphatic rings. The highest BCUT2D eigenvalue weighted by atomic mass is 32.2. The number of unbranched alkanes of at least 4 members (excludes halogenated alkanes) is 1. The zero-order chi connectivity index (χ0) is 20.7. The SMILES string of the molecule is CCCCOc1ccc(/C=C2\SC(=O)N(CC(=O)OC(C)C)C2=O)cc1OC. The van der Waals surface area contributed by atoms with E-state index in [9.17, 15) is 14.4 Å². The summed E-state index contributed by atoms with van der Waals surface area (Å²) < 4.78 is 16.0. The summed E-state index contributed by atoms with van der Waals surface area (Å²) >= 11 is 0.791. The third kappa shape index (κ3) is 5.76. The van der Waals surface area contributed by atoms with E-state index in [0.29, 0.717) is 23.7 Å². The smallest absolute Gasteiger partial charge is 0.326 e. The molecule has 0 radical (unpaired) electrons. The molecule has 0 saturated carbocycles. The third-order valence-electron chi connectivity index (χ3n) is 3.77. The van der Waals surface area contributed by atoms with Gasteiger partial charge in [-0.2, -0.15) is 0 Å². The Labute approximate surface area is 169 Å². The quantitative estimate of drug-likeness (QED) is 0.349. The molecule has 28 heavy (non-hydrogen) atoms. The summed E-state index contributed by atoms with van der Waals surface area (Å²) in [6, 6.07) is 5.29. The van der Waals surface area contributed by atoms with Crippen molar-refractivity contribution in [1.29, 1.82) is 0 Å². The number of nitrogens with zero attached hydrogens (tertiary/aromatic N) is 1. The number of ether oxygens (including phenoxy) is 3. The first-order chi connectivity index (χ1) is 13.3. The lowest BCUT2D eigenvalue weighted by atomic mass is 10.2. The van der Waals surface area contributed by atoms with Crippen LogP contribution in [-0.4, -0.2) is 48.4 Å². The summed E-state index contributed by atoms with van der Waals surface area (Å²) in [6.07, 6.45) is 3.25. The van der Waals surface area contributed by atoms with E-state index < -0.39 is 23.7 Å². The van der Waals surface area contributed by atoms with Gasteiger partial charge in [0.05, 0.1) is 24.7 Å². The maximum absolute atomic E-state index is 12.5. The number of carbonyl (C=O) groups excluding carboxylic acids is 3. The van der Waals surface area contributed by atoms with Crippen LogP contribution in [0.1, 0.15) is 39.2 Å². The largest absolute Gasteiger partial charge is 0.493 e. The van der Waals surface area contributed by atoms with Gasteiger partial charge in [-0.1, -0.05) is 19.4 Å². The summed E-state index contributed by atoms with van der Waals surface area (Å²) in [6.45, 7) is 5.69. The number of methoxy groups -OCH3 is 1. The molecule has 0 atom stereocenters. The molecule has 2 rings (SSSR count). The highest BCUT2D eigenvalue weighted by Gasteiger charge is 2.36. The van der Waals surface area contributed by atoms with Gasteiger partial charge in [-0.3, -0.25) is 19.3 Å². The number of carbonyl (C=O) groups is 3. The number of rotatable bonds is 9. The first-order valence-corrected chi connectivity index (χ1v) is 9.93. The van der Waals surface area contributed by atoms with Crippen LogP contribution in [0.3, 0.4) is 0 Å². The van der Waals surface area contributed by atoms with Crippen molar-refractivity contribution < 1.29 is 28.6 Å². The second-order valence-electron chi connectivity index (χ2n) is 6.42. The molecular weight excluding hydrogens is 382 g/mol. The molecule has 0 spiro atoms. The van der Waals surface area contributed by atoms with Gasteiger partial charge in [-0.25, -0.2) is 0 Å². The lowest BCUT2D eigenvalue weighted by molar-refractivity contribution is -0.149. The minimum absolute atomic E-state index is 0.240. The summed E-state index contributed by atoms with van der Waals surface area (Å²) in [7, 11) is 1.54. The van der Waals surface area contributed by atoms with Crippen LogP contribution in [0.4, 0.5) is 4.79 Å². The highest BCUT2D eigenvalue weighted by molar-refractivity contribution is 8.18. The van der Waals surface area contributed by atoms with Gasteiger partial charge in [0.1, 0.15) is 6.54 Å². The first kappa shape index (κ1) is 21.8. The van der Waals surface area contributed by atoms with Gasteiger partial charge >= 0.3 is 5.97 Å². The Morgan fingerprint density at radius 1 is 1.25 bits per heavy atom. The fraction of sp³-hybridized carbons (Fsp3) is 0.450. The van der Waals surface area contributed by atoms with Gasteiger partial charge in [0.15, 0.2) is 11.5 Å². The van der Waals surface area contributed by atoms with Crippen LogP contribution in [0.2, 0.25) is 0 Å². The first-order valence-electron chi connectivity index (χ1n) is 9.11. The van der Waals surface area contributed by atoms with E-state index >= 15 is 0 Å². The van der Waals surface area contributed by atoms with Crippen LogP contribution in [0, 0.1) is 0 Å². The third-order valence-corrected chi connectivity index (χ3v) is 4.68. The fourth-order valence-electron chi connectivity index (χ4n) is 2.44. The molecule has 0 N–H and O–H groups in total. The van der Waals surface area contributed by atoms with Gasteiger partial charge in [-0.05, 0) is 55.8 Å². The molecule has 1 heterocycles. The molecule has 0 bridgehead atoms. The predicted molar refractivity (Wildman–Crippen MR) is 107 cm³/mol. The van der Waals surface area contributed by atoms with Crippen molar-refractivity contribution in [3.63, 3.8) is 0 Å². The molecule has 1 fully saturated rings. The molecule has 0 aliphatic carbocycles. The molecular formula is C20H25NO6S. The summed E-state index contributed by atoms with van der Waals surface area (Å²) in [4.78, 5) is 37.5. The van der Waals surface area contributed by atoms with Gasteiger partial charge in [0.25, 0.3) is 11.1 Å². The molecule has 7 nitrogen and oxygen atoms in total. The van der Waals surface area contributed by atoms with Crippen molar-refractivity contribution in [3.8, 4) is 11.5 Å². The van der Waals surface area contributed by atoms with Crippen molar-refractivity contribution in [1.82, 2.24) is 4.90 Å². The van der Waals surface area contributed by atoms with Crippen molar-refractivity contribution in [2.45, 2.75) is 39.7 Å². The fourth-order valence-corrected chi connectivity index (χ4v) is 3.27. The normalized spacial score (nSPS) is 15.5. The topological polar surface area (TPSA) is 82.1 Å². The van der Waals surface area contributed by atoms with E-state index in [1.165, 1.54) is 0 Å². The summed E-state index contributed by atoms with van der Waals surface area (Å²) in [5, 5.41) is -0.497. The monoisotopic (exact) mass is 407 g/mol. The molecule has 1 aromatic carbocycles. The second kappa shape index (κ2) is 10.2. The number of benzene rings is 1. The van der Waals surface area contributed by atoms with Crippen molar-refractivity contribution in [2.24, 2.45) is 0 Å². The van der Waals surface area contributed by atoms with Gasteiger partial charge in [0.2, 0.25) is 0 Å². The summed E-state index contributed by atoms with van der Waals surface area (Å²) in [5.41, 5.74) is 0.690. The maximum atomic E-state index is 12.5. The number of thioether (sulfide) groups is 1. The second-order valence-corrected chi connectivity index (χ2v) is 7.41. The van der Waals surface area contributed by atoms with E-state index in [0.717, 1.165) is 29.5 Å². The van der Waals surface area contributed by atoms with E-state index in [2.05, 4.69) is 6.92 Å². The number of hydrogen-bond donors (Lipinski definition) is 0. The van der Waals surface area contributed by atoms with E-state index in [1.807, 2.05) is 0 Å². The minimum Gasteiger partial charge on any atom is -0.493 e. The van der Waals surface area contributed by atoms with Crippen LogP contribution < -0.4 is 9.47 Å². The van der Waals surface area contributed by atoms with Crippen molar-refractivity contribution in [3.05, 3.63) is 28.7 Å². The molecule has 0 unspecified atom stereocenters. The Kier molecular flexibility index (Phi) is 7.92. The molecule has 1 aliphatic heterocycles. The predicted octanol–water partition coefficient (Wildman–Crippen LogP) is 3.86. The maximum Gasteiger partial charge on any atom is 0.326 e. The number of imide groups is 1. The molecule has 1 saturated heterocycles. The Bertz CT molecular complexity index is 774. The Morgan fingerprint density at radius 2 is 2.00 bits per heavy atom. The van der Waals surface area contributed by atoms with E-state index in [4.69, 9.17) is 14.2 Å². The van der Waals surface area contributed by atoms with Crippen molar-refractivity contribution >= 4 is 35.0 Å². The zero-order valence-corrected chi connectivity index (χ0v) is 17.3. The van der Waals surface area contributed by atoms with Crippen LogP contribution in [-0.2, 0) is 14.3 Å². The average molecular weight is 407 g/mol. The van der Waals surface area contributed by atoms with Gasteiger partial charge < -0.3 is 14.2 Å². The Balaban J connectivity index is 2.13. The average Bonchev–Trinajstić information content (AvgIpc) is 2.89. The van der Waals surface area contributed by atoms with E-state index in [-0.39, 0.29) is 11.0 Å². The molecule has 8 heteroatoms. The molecule has 1 aromatic rings. The molecule has 2 amide bonds. The Hall–Kier alpha value is -2.48. The lowest BCUT2D eigenvalue weighted by Gasteiger charge is -2.13. The van der Waals surface area contributed by atoms with Crippen LogP contribution >= 0.6 is 11.8 Å². The number of amides is 2. The minimum atomic E-state index is -0.617. The summed E-state index contributed by atoms with van der Waals surface area (Å²) in [5.74, 6) is 0.0361. The zero-order valence-electron chi connectivity index (χ0n) is 16.5. The van der Waals surface area contributed by atoms with Gasteiger partial charge in [-0.15, -0.1) is 0 Å². The Morgan fingerprint density at radius 3 is 2.64 bits per heavy atom. The highest BCUT2D eigenvalue weighted by Crippen LogP contribution is 2.34. The lowest BCUT2D eigenvalue weighted by Crippen LogP contribution is -2.35. The molecule has 0 aromatic heterocycles. The molecule has 152 valence electrons. The standard InChI is InChI=1S/C20H25NO6S/c1-5-6-9-26-15-8-7-14(10-16(15)25-4)11-17-19(23)21(20(24)28-17)12-18(22)27-13(2)3/h7-8,10-11,13H,5-6,9,12H2,1-4H3/b17-11-. The number of esters is 1. The number of hydrogen-bond acceptors (Lipinski definition) is 7. The van der Waals surface area contributed by atoms with Crippen molar-refractivity contribution in [2.75, 3.05) is 20.3 Å².